The molecule has 0 aliphatic rings. The molecule has 0 atom stereocenters. The Hall–Kier alpha value is -2.37. The van der Waals surface area contributed by atoms with Gasteiger partial charge in [0.25, 0.3) is 0 Å². The van der Waals surface area contributed by atoms with Gasteiger partial charge in [-0.05, 0) is 32.0 Å². The van der Waals surface area contributed by atoms with Crippen LogP contribution in [0.3, 0.4) is 0 Å². The summed E-state index contributed by atoms with van der Waals surface area (Å²) in [7, 11) is 0. The second-order valence-electron chi connectivity index (χ2n) is 4.42. The predicted octanol–water partition coefficient (Wildman–Crippen LogP) is 1.80. The van der Waals surface area contributed by atoms with E-state index in [1.165, 1.54) is 6.33 Å². The molecule has 0 aliphatic carbocycles. The Kier molecular flexibility index (Phi) is 3.79. The number of nitrogens with two attached hydrogens (primary N) is 1. The second kappa shape index (κ2) is 5.51. The van der Waals surface area contributed by atoms with Crippen molar-refractivity contribution in [2.75, 3.05) is 5.73 Å². The SMILES string of the molecule is CC(C)n1ncnc1COC(=O)c1cccc(N)c1. The summed E-state index contributed by atoms with van der Waals surface area (Å²) in [5.41, 5.74) is 6.57. The molecule has 6 heteroatoms. The van der Waals surface area contributed by atoms with Gasteiger partial charge in [-0.2, -0.15) is 5.10 Å². The maximum Gasteiger partial charge on any atom is 0.338 e. The minimum absolute atomic E-state index is 0.0891. The van der Waals surface area contributed by atoms with Crippen LogP contribution in [0.2, 0.25) is 0 Å². The average Bonchev–Trinajstić information content (AvgIpc) is 2.84. The number of nitrogens with zero attached hydrogens (tertiary/aromatic N) is 3. The van der Waals surface area contributed by atoms with Crippen molar-refractivity contribution in [3.05, 3.63) is 42.0 Å². The van der Waals surface area contributed by atoms with Crippen molar-refractivity contribution in [3.8, 4) is 0 Å². The Morgan fingerprint density at radius 1 is 1.47 bits per heavy atom. The molecule has 100 valence electrons. The van der Waals surface area contributed by atoms with Crippen LogP contribution >= 0.6 is 0 Å². The molecule has 1 aromatic carbocycles. The van der Waals surface area contributed by atoms with Crippen LogP contribution in [0.15, 0.2) is 30.6 Å². The number of carbonyl (C=O) groups is 1. The van der Waals surface area contributed by atoms with Crippen LogP contribution in [0.5, 0.6) is 0 Å². The molecule has 2 N–H and O–H groups in total. The monoisotopic (exact) mass is 260 g/mol. The van der Waals surface area contributed by atoms with Crippen molar-refractivity contribution in [2.24, 2.45) is 0 Å². The third-order valence-electron chi connectivity index (χ3n) is 2.59. The van der Waals surface area contributed by atoms with Crippen molar-refractivity contribution >= 4 is 11.7 Å². The van der Waals surface area contributed by atoms with Crippen molar-refractivity contribution in [3.63, 3.8) is 0 Å². The van der Waals surface area contributed by atoms with Gasteiger partial charge < -0.3 is 10.5 Å². The molecule has 0 saturated carbocycles. The number of anilines is 1. The highest BCUT2D eigenvalue weighted by Crippen LogP contribution is 2.10. The van der Waals surface area contributed by atoms with Gasteiger partial charge in [0.15, 0.2) is 12.4 Å². The summed E-state index contributed by atoms with van der Waals surface area (Å²) in [6.45, 7) is 4.06. The van der Waals surface area contributed by atoms with Crippen LogP contribution < -0.4 is 5.73 Å². The summed E-state index contributed by atoms with van der Waals surface area (Å²) in [6, 6.07) is 6.83. The zero-order valence-corrected chi connectivity index (χ0v) is 10.9. The van der Waals surface area contributed by atoms with E-state index in [0.717, 1.165) is 0 Å². The smallest absolute Gasteiger partial charge is 0.338 e. The van der Waals surface area contributed by atoms with E-state index in [0.29, 0.717) is 17.1 Å². The number of benzene rings is 1. The first-order valence-electron chi connectivity index (χ1n) is 5.99. The normalized spacial score (nSPS) is 10.7. The quantitative estimate of drug-likeness (QED) is 0.669. The Morgan fingerprint density at radius 3 is 2.95 bits per heavy atom. The van der Waals surface area contributed by atoms with Crippen LogP contribution in [0, 0.1) is 0 Å². The number of hydrogen-bond acceptors (Lipinski definition) is 5. The number of nitrogen functional groups attached to an aromatic ring is 1. The van der Waals surface area contributed by atoms with Crippen LogP contribution in [0.1, 0.15) is 36.1 Å². The maximum absolute atomic E-state index is 11.8. The lowest BCUT2D eigenvalue weighted by atomic mass is 10.2. The zero-order valence-electron chi connectivity index (χ0n) is 10.9. The maximum atomic E-state index is 11.8. The lowest BCUT2D eigenvalue weighted by Gasteiger charge is -2.09. The van der Waals surface area contributed by atoms with Crippen molar-refractivity contribution in [1.82, 2.24) is 14.8 Å². The molecule has 2 rings (SSSR count). The van der Waals surface area contributed by atoms with Gasteiger partial charge in [-0.25, -0.2) is 14.5 Å². The number of esters is 1. The van der Waals surface area contributed by atoms with E-state index in [2.05, 4.69) is 10.1 Å². The first kappa shape index (κ1) is 13.1. The molecule has 1 aromatic heterocycles. The number of ether oxygens (including phenoxy) is 1. The summed E-state index contributed by atoms with van der Waals surface area (Å²) >= 11 is 0. The summed E-state index contributed by atoms with van der Waals surface area (Å²) in [6.07, 6.45) is 1.45. The fraction of sp³-hybridized carbons (Fsp3) is 0.308. The molecule has 1 heterocycles. The van der Waals surface area contributed by atoms with Gasteiger partial charge in [-0.15, -0.1) is 0 Å². The zero-order chi connectivity index (χ0) is 13.8. The molecule has 2 aromatic rings. The van der Waals surface area contributed by atoms with E-state index in [4.69, 9.17) is 10.5 Å². The fourth-order valence-corrected chi connectivity index (χ4v) is 1.69. The van der Waals surface area contributed by atoms with Crippen molar-refractivity contribution in [2.45, 2.75) is 26.5 Å². The van der Waals surface area contributed by atoms with E-state index >= 15 is 0 Å². The lowest BCUT2D eigenvalue weighted by Crippen LogP contribution is -2.12. The Labute approximate surface area is 111 Å². The topological polar surface area (TPSA) is 83.0 Å². The van der Waals surface area contributed by atoms with Gasteiger partial charge >= 0.3 is 5.97 Å². The van der Waals surface area contributed by atoms with Gasteiger partial charge in [0.05, 0.1) is 5.56 Å². The van der Waals surface area contributed by atoms with E-state index in [9.17, 15) is 4.79 Å². The number of aromatic nitrogens is 3. The van der Waals surface area contributed by atoms with Crippen LogP contribution in [0.25, 0.3) is 0 Å². The standard InChI is InChI=1S/C13H16N4O2/c1-9(2)17-12(15-8-16-17)7-19-13(18)10-4-3-5-11(14)6-10/h3-6,8-9H,7,14H2,1-2H3. The molecular weight excluding hydrogens is 244 g/mol. The first-order chi connectivity index (χ1) is 9.08. The Morgan fingerprint density at radius 2 is 2.26 bits per heavy atom. The molecule has 0 aliphatic heterocycles. The summed E-state index contributed by atoms with van der Waals surface area (Å²) in [5, 5.41) is 4.07. The molecular formula is C13H16N4O2. The molecule has 19 heavy (non-hydrogen) atoms. The van der Waals surface area contributed by atoms with Crippen molar-refractivity contribution in [1.29, 1.82) is 0 Å². The molecule has 0 saturated heterocycles. The Bertz CT molecular complexity index is 578. The average molecular weight is 260 g/mol. The van der Waals surface area contributed by atoms with Gasteiger partial charge in [0, 0.05) is 11.7 Å². The minimum atomic E-state index is -0.425. The Balaban J connectivity index is 2.02. The van der Waals surface area contributed by atoms with E-state index in [-0.39, 0.29) is 12.6 Å². The summed E-state index contributed by atoms with van der Waals surface area (Å²) < 4.78 is 6.92. The largest absolute Gasteiger partial charge is 0.454 e. The number of carbonyl (C=O) groups excluding carboxylic acids is 1. The number of hydrogen-bond donors (Lipinski definition) is 1. The number of rotatable bonds is 4. The fourth-order valence-electron chi connectivity index (χ4n) is 1.69. The van der Waals surface area contributed by atoms with E-state index in [1.807, 2.05) is 13.8 Å². The molecule has 0 spiro atoms. The highest BCUT2D eigenvalue weighted by atomic mass is 16.5. The third-order valence-corrected chi connectivity index (χ3v) is 2.59. The summed E-state index contributed by atoms with van der Waals surface area (Å²) in [4.78, 5) is 15.9. The van der Waals surface area contributed by atoms with Gasteiger partial charge in [-0.1, -0.05) is 6.07 Å². The lowest BCUT2D eigenvalue weighted by molar-refractivity contribution is 0.0455. The molecule has 0 radical (unpaired) electrons. The van der Waals surface area contributed by atoms with Crippen molar-refractivity contribution < 1.29 is 9.53 Å². The van der Waals surface area contributed by atoms with Crippen LogP contribution in [-0.4, -0.2) is 20.7 Å². The molecule has 0 bridgehead atoms. The molecule has 0 unspecified atom stereocenters. The molecule has 0 amide bonds. The second-order valence-corrected chi connectivity index (χ2v) is 4.42. The van der Waals surface area contributed by atoms with Crippen LogP contribution in [0.4, 0.5) is 5.69 Å². The van der Waals surface area contributed by atoms with Gasteiger partial charge in [0.1, 0.15) is 6.33 Å². The highest BCUT2D eigenvalue weighted by molar-refractivity contribution is 5.90. The van der Waals surface area contributed by atoms with E-state index in [1.54, 1.807) is 28.9 Å². The van der Waals surface area contributed by atoms with Gasteiger partial charge in [0.2, 0.25) is 0 Å². The van der Waals surface area contributed by atoms with E-state index < -0.39 is 5.97 Å². The van der Waals surface area contributed by atoms with Crippen LogP contribution in [-0.2, 0) is 11.3 Å². The predicted molar refractivity (Wildman–Crippen MR) is 70.4 cm³/mol. The first-order valence-corrected chi connectivity index (χ1v) is 5.99. The van der Waals surface area contributed by atoms with Gasteiger partial charge in [-0.3, -0.25) is 0 Å². The highest BCUT2D eigenvalue weighted by Gasteiger charge is 2.12. The summed E-state index contributed by atoms with van der Waals surface area (Å²) in [5.74, 6) is 0.192. The third kappa shape index (κ3) is 3.09. The molecule has 6 nitrogen and oxygen atoms in total. The molecule has 0 fully saturated rings. The minimum Gasteiger partial charge on any atom is -0.454 e.